The van der Waals surface area contributed by atoms with Gasteiger partial charge in [0.15, 0.2) is 17.3 Å². The number of hydrogen-bond donors (Lipinski definition) is 0. The molecule has 2 heterocycles. The number of nitrogens with zero attached hydrogens (tertiary/aromatic N) is 4. The van der Waals surface area contributed by atoms with Crippen LogP contribution in [0.5, 0.6) is 17.2 Å². The van der Waals surface area contributed by atoms with Gasteiger partial charge in [-0.2, -0.15) is 5.26 Å². The number of anilines is 1. The lowest BCUT2D eigenvalue weighted by Crippen LogP contribution is -2.38. The first-order valence-electron chi connectivity index (χ1n) is 10.6. The molecule has 164 valence electrons. The van der Waals surface area contributed by atoms with Gasteiger partial charge in [0.05, 0.1) is 38.2 Å². The highest BCUT2D eigenvalue weighted by atomic mass is 16.5. The minimum Gasteiger partial charge on any atom is -0.496 e. The summed E-state index contributed by atoms with van der Waals surface area (Å²) in [6.07, 6.45) is 2.15. The summed E-state index contributed by atoms with van der Waals surface area (Å²) in [6.45, 7) is 2.37. The molecule has 4 rings (SSSR count). The summed E-state index contributed by atoms with van der Waals surface area (Å²) in [6, 6.07) is 19.1. The number of methoxy groups -OCH3 is 2. The molecule has 0 N–H and O–H groups in total. The summed E-state index contributed by atoms with van der Waals surface area (Å²) in [4.78, 5) is 2.26. The second-order valence-electron chi connectivity index (χ2n) is 7.72. The lowest BCUT2D eigenvalue weighted by molar-refractivity contribution is 0.220. The van der Waals surface area contributed by atoms with Crippen molar-refractivity contribution in [3.63, 3.8) is 0 Å². The Kier molecular flexibility index (Phi) is 6.71. The number of rotatable bonds is 7. The van der Waals surface area contributed by atoms with Crippen molar-refractivity contribution in [2.45, 2.75) is 12.8 Å². The highest BCUT2D eigenvalue weighted by Gasteiger charge is 2.22. The van der Waals surface area contributed by atoms with E-state index < -0.39 is 0 Å². The molecular weight excluding hydrogens is 404 g/mol. The van der Waals surface area contributed by atoms with Gasteiger partial charge in [-0.25, -0.2) is 0 Å². The third kappa shape index (κ3) is 4.75. The number of nitriles is 1. The third-order valence-corrected chi connectivity index (χ3v) is 5.64. The maximum atomic E-state index is 9.06. The van der Waals surface area contributed by atoms with Crippen molar-refractivity contribution in [3.05, 3.63) is 60.2 Å². The van der Waals surface area contributed by atoms with Gasteiger partial charge in [0.2, 0.25) is 0 Å². The Balaban J connectivity index is 1.40. The number of benzene rings is 2. The quantitative estimate of drug-likeness (QED) is 0.552. The predicted octanol–water partition coefficient (Wildman–Crippen LogP) is 4.33. The molecule has 0 radical (unpaired) electrons. The molecule has 0 saturated carbocycles. The van der Waals surface area contributed by atoms with Gasteiger partial charge < -0.3 is 19.1 Å². The lowest BCUT2D eigenvalue weighted by Gasteiger charge is -2.33. The standard InChI is InChI=1S/C25H26N4O3/c1-30-22-8-4-3-7-20(22)21-10-12-25(28-27-21)29-13-5-6-19(16-29)17-32-23-11-9-18(15-26)14-24(23)31-2/h3-4,7-12,14,19H,5-6,13,16-17H2,1-2H3. The fourth-order valence-corrected chi connectivity index (χ4v) is 3.97. The van der Waals surface area contributed by atoms with Crippen LogP contribution in [0, 0.1) is 17.2 Å². The smallest absolute Gasteiger partial charge is 0.162 e. The normalized spacial score (nSPS) is 15.7. The van der Waals surface area contributed by atoms with Gasteiger partial charge >= 0.3 is 0 Å². The number of ether oxygens (including phenoxy) is 3. The zero-order valence-corrected chi connectivity index (χ0v) is 18.3. The molecule has 0 amide bonds. The Bertz CT molecular complexity index is 1100. The molecule has 1 saturated heterocycles. The molecule has 1 atom stereocenters. The van der Waals surface area contributed by atoms with Crippen LogP contribution in [0.15, 0.2) is 54.6 Å². The average Bonchev–Trinajstić information content (AvgIpc) is 2.87. The van der Waals surface area contributed by atoms with Crippen LogP contribution in [0.25, 0.3) is 11.3 Å². The molecule has 7 heteroatoms. The number of piperidine rings is 1. The van der Waals surface area contributed by atoms with Crippen molar-refractivity contribution in [1.82, 2.24) is 10.2 Å². The molecule has 1 aliphatic heterocycles. The Hall–Kier alpha value is -3.79. The van der Waals surface area contributed by atoms with Crippen molar-refractivity contribution in [2.24, 2.45) is 5.92 Å². The van der Waals surface area contributed by atoms with Crippen molar-refractivity contribution in [1.29, 1.82) is 5.26 Å². The van der Waals surface area contributed by atoms with Gasteiger partial charge in [-0.1, -0.05) is 12.1 Å². The van der Waals surface area contributed by atoms with Crippen LogP contribution < -0.4 is 19.1 Å². The summed E-state index contributed by atoms with van der Waals surface area (Å²) >= 11 is 0. The van der Waals surface area contributed by atoms with Gasteiger partial charge in [0, 0.05) is 30.6 Å². The minimum absolute atomic E-state index is 0.361. The average molecular weight is 431 g/mol. The zero-order valence-electron chi connectivity index (χ0n) is 18.3. The third-order valence-electron chi connectivity index (χ3n) is 5.64. The highest BCUT2D eigenvalue weighted by molar-refractivity contribution is 5.67. The first-order chi connectivity index (χ1) is 15.7. The molecule has 32 heavy (non-hydrogen) atoms. The monoisotopic (exact) mass is 430 g/mol. The first kappa shape index (κ1) is 21.4. The van der Waals surface area contributed by atoms with Crippen LogP contribution in [-0.2, 0) is 0 Å². The lowest BCUT2D eigenvalue weighted by atomic mass is 9.99. The molecule has 1 fully saturated rings. The van der Waals surface area contributed by atoms with Crippen LogP contribution >= 0.6 is 0 Å². The molecule has 0 spiro atoms. The topological polar surface area (TPSA) is 80.5 Å². The van der Waals surface area contributed by atoms with Gasteiger partial charge in [-0.15, -0.1) is 10.2 Å². The number of aromatic nitrogens is 2. The van der Waals surface area contributed by atoms with Crippen LogP contribution in [-0.4, -0.2) is 44.1 Å². The van der Waals surface area contributed by atoms with E-state index in [0.29, 0.717) is 29.6 Å². The van der Waals surface area contributed by atoms with Crippen molar-refractivity contribution in [3.8, 4) is 34.6 Å². The maximum absolute atomic E-state index is 9.06. The minimum atomic E-state index is 0.361. The summed E-state index contributed by atoms with van der Waals surface area (Å²) in [7, 11) is 3.24. The molecule has 7 nitrogen and oxygen atoms in total. The Morgan fingerprint density at radius 1 is 1.00 bits per heavy atom. The van der Waals surface area contributed by atoms with E-state index in [-0.39, 0.29) is 0 Å². The highest BCUT2D eigenvalue weighted by Crippen LogP contribution is 2.31. The Morgan fingerprint density at radius 2 is 1.84 bits per heavy atom. The van der Waals surface area contributed by atoms with Crippen molar-refractivity contribution in [2.75, 3.05) is 38.8 Å². The second-order valence-corrected chi connectivity index (χ2v) is 7.72. The van der Waals surface area contributed by atoms with Crippen LogP contribution in [0.4, 0.5) is 5.82 Å². The van der Waals surface area contributed by atoms with E-state index in [0.717, 1.165) is 48.8 Å². The fraction of sp³-hybridized carbons (Fsp3) is 0.320. The van der Waals surface area contributed by atoms with Gasteiger partial charge in [0.1, 0.15) is 5.75 Å². The first-order valence-corrected chi connectivity index (χ1v) is 10.6. The Labute approximate surface area is 188 Å². The van der Waals surface area contributed by atoms with Crippen LogP contribution in [0.1, 0.15) is 18.4 Å². The predicted molar refractivity (Wildman–Crippen MR) is 122 cm³/mol. The van der Waals surface area contributed by atoms with Gasteiger partial charge in [0.25, 0.3) is 0 Å². The number of hydrogen-bond acceptors (Lipinski definition) is 7. The SMILES string of the molecule is COc1cc(C#N)ccc1OCC1CCCN(c2ccc(-c3ccccc3OC)nn2)C1. The molecule has 1 aromatic heterocycles. The van der Waals surface area contributed by atoms with Crippen molar-refractivity contribution >= 4 is 5.82 Å². The van der Waals surface area contributed by atoms with Crippen LogP contribution in [0.3, 0.4) is 0 Å². The van der Waals surface area contributed by atoms with Gasteiger partial charge in [-0.05, 0) is 49.2 Å². The summed E-state index contributed by atoms with van der Waals surface area (Å²) in [5, 5.41) is 18.0. The molecule has 0 bridgehead atoms. The fourth-order valence-electron chi connectivity index (χ4n) is 3.97. The van der Waals surface area contributed by atoms with E-state index in [1.54, 1.807) is 32.4 Å². The van der Waals surface area contributed by atoms with Gasteiger partial charge in [-0.3, -0.25) is 0 Å². The largest absolute Gasteiger partial charge is 0.496 e. The molecule has 1 unspecified atom stereocenters. The zero-order chi connectivity index (χ0) is 22.3. The summed E-state index contributed by atoms with van der Waals surface area (Å²) in [5.74, 6) is 3.24. The molecular formula is C25H26N4O3. The Morgan fingerprint density at radius 3 is 2.59 bits per heavy atom. The summed E-state index contributed by atoms with van der Waals surface area (Å²) < 4.78 is 16.8. The van der Waals surface area contributed by atoms with E-state index in [2.05, 4.69) is 21.2 Å². The number of para-hydroxylation sites is 1. The molecule has 1 aliphatic rings. The molecule has 0 aliphatic carbocycles. The van der Waals surface area contributed by atoms with E-state index in [4.69, 9.17) is 19.5 Å². The second kappa shape index (κ2) is 10.0. The van der Waals surface area contributed by atoms with E-state index in [1.807, 2.05) is 36.4 Å². The summed E-state index contributed by atoms with van der Waals surface area (Å²) in [5.41, 5.74) is 2.26. The van der Waals surface area contributed by atoms with E-state index >= 15 is 0 Å². The maximum Gasteiger partial charge on any atom is 0.162 e. The van der Waals surface area contributed by atoms with Crippen molar-refractivity contribution < 1.29 is 14.2 Å². The molecule has 3 aromatic rings. The molecule has 2 aromatic carbocycles. The van der Waals surface area contributed by atoms with Crippen LogP contribution in [0.2, 0.25) is 0 Å². The van der Waals surface area contributed by atoms with E-state index in [1.165, 1.54) is 0 Å². The van der Waals surface area contributed by atoms with E-state index in [9.17, 15) is 0 Å².